The highest BCUT2D eigenvalue weighted by Crippen LogP contribution is 2.12. The molecule has 2 heterocycles. The molecular weight excluding hydrogens is 216 g/mol. The zero-order valence-electron chi connectivity index (χ0n) is 8.64. The Labute approximate surface area is 90.7 Å². The van der Waals surface area contributed by atoms with Crippen LogP contribution in [0.5, 0.6) is 0 Å². The Morgan fingerprint density at radius 1 is 1.50 bits per heavy atom. The van der Waals surface area contributed by atoms with E-state index in [1.165, 1.54) is 12.3 Å². The Bertz CT molecular complexity index is 462. The molecule has 0 unspecified atom stereocenters. The molecule has 1 N–H and O–H groups in total. The van der Waals surface area contributed by atoms with E-state index in [2.05, 4.69) is 15.5 Å². The van der Waals surface area contributed by atoms with Crippen molar-refractivity contribution < 1.29 is 8.78 Å². The van der Waals surface area contributed by atoms with Crippen LogP contribution in [0.3, 0.4) is 0 Å². The Hall–Kier alpha value is -1.92. The average molecular weight is 227 g/mol. The van der Waals surface area contributed by atoms with E-state index < -0.39 is 6.55 Å². The Morgan fingerprint density at radius 3 is 2.88 bits per heavy atom. The first-order valence-corrected chi connectivity index (χ1v) is 4.70. The lowest BCUT2D eigenvalue weighted by molar-refractivity contribution is 0.0569. The minimum atomic E-state index is -2.60. The molecule has 0 spiro atoms. The number of nitrogens with zero attached hydrogens (tertiary/aromatic N) is 4. The molecule has 0 radical (unpaired) electrons. The van der Waals surface area contributed by atoms with Crippen molar-refractivity contribution in [1.29, 1.82) is 0 Å². The molecule has 0 aromatic carbocycles. The monoisotopic (exact) mass is 227 g/mol. The van der Waals surface area contributed by atoms with Gasteiger partial charge in [-0.05, 0) is 0 Å². The predicted molar refractivity (Wildman–Crippen MR) is 54.0 cm³/mol. The number of anilines is 1. The third kappa shape index (κ3) is 2.36. The van der Waals surface area contributed by atoms with Crippen LogP contribution >= 0.6 is 0 Å². The van der Waals surface area contributed by atoms with Crippen LogP contribution in [-0.4, -0.2) is 19.6 Å². The Kier molecular flexibility index (Phi) is 2.84. The van der Waals surface area contributed by atoms with Gasteiger partial charge in [0.2, 0.25) is 0 Å². The predicted octanol–water partition coefficient (Wildman–Crippen LogP) is 1.62. The lowest BCUT2D eigenvalue weighted by atomic mass is 10.3. The molecule has 7 heteroatoms. The van der Waals surface area contributed by atoms with Crippen LogP contribution in [0, 0.1) is 0 Å². The third-order valence-electron chi connectivity index (χ3n) is 2.04. The van der Waals surface area contributed by atoms with Crippen molar-refractivity contribution in [3.05, 3.63) is 30.2 Å². The first-order valence-electron chi connectivity index (χ1n) is 4.70. The SMILES string of the molecule is Cn1cc(CNc2ccn(C(F)F)n2)cn1. The zero-order valence-corrected chi connectivity index (χ0v) is 8.64. The van der Waals surface area contributed by atoms with Gasteiger partial charge in [0.1, 0.15) is 5.82 Å². The van der Waals surface area contributed by atoms with Gasteiger partial charge in [-0.1, -0.05) is 0 Å². The fraction of sp³-hybridized carbons (Fsp3) is 0.333. The standard InChI is InChI=1S/C9H11F2N5/c1-15-6-7(5-13-15)4-12-8-2-3-16(14-8)9(10)11/h2-3,5-6,9H,4H2,1H3,(H,12,14). The molecule has 0 saturated carbocycles. The van der Waals surface area contributed by atoms with Gasteiger partial charge < -0.3 is 5.32 Å². The van der Waals surface area contributed by atoms with E-state index in [-0.39, 0.29) is 0 Å². The summed E-state index contributed by atoms with van der Waals surface area (Å²) in [5.41, 5.74) is 0.967. The van der Waals surface area contributed by atoms with Crippen LogP contribution in [-0.2, 0) is 13.6 Å². The fourth-order valence-corrected chi connectivity index (χ4v) is 1.30. The maximum atomic E-state index is 12.2. The second kappa shape index (κ2) is 4.30. The molecule has 86 valence electrons. The van der Waals surface area contributed by atoms with Gasteiger partial charge in [0.15, 0.2) is 0 Å². The number of rotatable bonds is 4. The molecular formula is C9H11F2N5. The molecule has 0 aliphatic rings. The van der Waals surface area contributed by atoms with Gasteiger partial charge in [0, 0.05) is 37.6 Å². The van der Waals surface area contributed by atoms with E-state index in [4.69, 9.17) is 0 Å². The summed E-state index contributed by atoms with van der Waals surface area (Å²) in [7, 11) is 1.81. The van der Waals surface area contributed by atoms with Crippen molar-refractivity contribution in [2.24, 2.45) is 7.05 Å². The number of aryl methyl sites for hydroxylation is 1. The third-order valence-corrected chi connectivity index (χ3v) is 2.04. The number of hydrogen-bond acceptors (Lipinski definition) is 3. The van der Waals surface area contributed by atoms with E-state index >= 15 is 0 Å². The smallest absolute Gasteiger partial charge is 0.333 e. The molecule has 2 aromatic rings. The van der Waals surface area contributed by atoms with Crippen molar-refractivity contribution in [2.75, 3.05) is 5.32 Å². The van der Waals surface area contributed by atoms with Gasteiger partial charge in [-0.25, -0.2) is 4.68 Å². The molecule has 5 nitrogen and oxygen atoms in total. The van der Waals surface area contributed by atoms with Gasteiger partial charge in [-0.3, -0.25) is 4.68 Å². The number of aromatic nitrogens is 4. The second-order valence-electron chi connectivity index (χ2n) is 3.33. The lowest BCUT2D eigenvalue weighted by Gasteiger charge is -2.00. The number of hydrogen-bond donors (Lipinski definition) is 1. The van der Waals surface area contributed by atoms with Crippen molar-refractivity contribution >= 4 is 5.82 Å². The molecule has 0 bridgehead atoms. The highest BCUT2D eigenvalue weighted by Gasteiger charge is 2.07. The molecule has 0 aliphatic heterocycles. The van der Waals surface area contributed by atoms with Crippen LogP contribution in [0.1, 0.15) is 12.1 Å². The summed E-state index contributed by atoms with van der Waals surface area (Å²) < 4.78 is 26.7. The summed E-state index contributed by atoms with van der Waals surface area (Å²) in [5.74, 6) is 0.421. The van der Waals surface area contributed by atoms with Crippen molar-refractivity contribution in [3.63, 3.8) is 0 Å². The van der Waals surface area contributed by atoms with Crippen LogP contribution in [0.15, 0.2) is 24.7 Å². The topological polar surface area (TPSA) is 47.7 Å². The normalized spacial score (nSPS) is 11.0. The molecule has 16 heavy (non-hydrogen) atoms. The van der Waals surface area contributed by atoms with Gasteiger partial charge >= 0.3 is 6.55 Å². The average Bonchev–Trinajstić information content (AvgIpc) is 2.83. The van der Waals surface area contributed by atoms with E-state index in [0.717, 1.165) is 5.56 Å². The second-order valence-corrected chi connectivity index (χ2v) is 3.33. The van der Waals surface area contributed by atoms with Crippen molar-refractivity contribution in [3.8, 4) is 0 Å². The highest BCUT2D eigenvalue weighted by atomic mass is 19.3. The van der Waals surface area contributed by atoms with Crippen LogP contribution in [0.4, 0.5) is 14.6 Å². The van der Waals surface area contributed by atoms with Crippen LogP contribution in [0.25, 0.3) is 0 Å². The van der Waals surface area contributed by atoms with E-state index in [0.29, 0.717) is 17.0 Å². The number of halogens is 2. The summed E-state index contributed by atoms with van der Waals surface area (Å²) in [6.07, 6.45) is 4.78. The minimum Gasteiger partial charge on any atom is -0.364 e. The molecule has 2 rings (SSSR count). The molecule has 0 atom stereocenters. The summed E-state index contributed by atoms with van der Waals surface area (Å²) in [6.45, 7) is -2.09. The quantitative estimate of drug-likeness (QED) is 0.863. The first-order chi connectivity index (χ1) is 7.65. The first kappa shape index (κ1) is 10.6. The molecule has 2 aromatic heterocycles. The van der Waals surface area contributed by atoms with Crippen molar-refractivity contribution in [2.45, 2.75) is 13.1 Å². The van der Waals surface area contributed by atoms with E-state index in [9.17, 15) is 8.78 Å². The van der Waals surface area contributed by atoms with E-state index in [1.54, 1.807) is 10.9 Å². The number of nitrogens with one attached hydrogen (secondary N) is 1. The molecule has 0 saturated heterocycles. The summed E-state index contributed by atoms with van der Waals surface area (Å²) in [4.78, 5) is 0. The number of alkyl halides is 2. The Balaban J connectivity index is 1.94. The lowest BCUT2D eigenvalue weighted by Crippen LogP contribution is -2.02. The van der Waals surface area contributed by atoms with E-state index in [1.807, 2.05) is 13.2 Å². The minimum absolute atomic E-state index is 0.421. The summed E-state index contributed by atoms with van der Waals surface area (Å²) >= 11 is 0. The largest absolute Gasteiger partial charge is 0.364 e. The van der Waals surface area contributed by atoms with Crippen molar-refractivity contribution in [1.82, 2.24) is 19.6 Å². The Morgan fingerprint density at radius 2 is 2.31 bits per heavy atom. The zero-order chi connectivity index (χ0) is 11.5. The fourth-order valence-electron chi connectivity index (χ4n) is 1.30. The molecule has 0 fully saturated rings. The molecule has 0 aliphatic carbocycles. The molecule has 0 amide bonds. The van der Waals surface area contributed by atoms with Gasteiger partial charge in [0.05, 0.1) is 6.20 Å². The van der Waals surface area contributed by atoms with Crippen LogP contribution < -0.4 is 5.32 Å². The summed E-state index contributed by atoms with van der Waals surface area (Å²) in [5, 5.41) is 10.6. The maximum Gasteiger partial charge on any atom is 0.333 e. The van der Waals surface area contributed by atoms with Gasteiger partial charge in [-0.15, -0.1) is 0 Å². The summed E-state index contributed by atoms with van der Waals surface area (Å²) in [6, 6.07) is 1.50. The van der Waals surface area contributed by atoms with Crippen LogP contribution in [0.2, 0.25) is 0 Å². The van der Waals surface area contributed by atoms with Gasteiger partial charge in [0.25, 0.3) is 0 Å². The van der Waals surface area contributed by atoms with Gasteiger partial charge in [-0.2, -0.15) is 19.0 Å². The maximum absolute atomic E-state index is 12.2. The highest BCUT2D eigenvalue weighted by molar-refractivity contribution is 5.33.